The summed E-state index contributed by atoms with van der Waals surface area (Å²) in [5.41, 5.74) is 0. The summed E-state index contributed by atoms with van der Waals surface area (Å²) in [6, 6.07) is 1.88. The number of anilines is 1. The molecule has 1 aromatic rings. The quantitative estimate of drug-likeness (QED) is 0.704. The molecule has 3 nitrogen and oxygen atoms in total. The highest BCUT2D eigenvalue weighted by atomic mass is 15.0. The molecule has 72 valence electrons. The average molecular weight is 179 g/mol. The number of nitrogens with one attached hydrogen (secondary N) is 1. The maximum Gasteiger partial charge on any atom is 0.130 e. The third-order valence-electron chi connectivity index (χ3n) is 1.97. The van der Waals surface area contributed by atoms with E-state index in [1.807, 2.05) is 13.1 Å². The Balaban J connectivity index is 2.46. The second kappa shape index (κ2) is 5.51. The number of aryl methyl sites for hydroxylation is 1. The molecule has 0 amide bonds. The number of rotatable bonds is 5. The van der Waals surface area contributed by atoms with Gasteiger partial charge in [0.25, 0.3) is 0 Å². The molecule has 1 aromatic heterocycles. The highest BCUT2D eigenvalue weighted by molar-refractivity contribution is 5.31. The number of aromatic nitrogens is 2. The number of hydrogen-bond acceptors (Lipinski definition) is 3. The van der Waals surface area contributed by atoms with Crippen molar-refractivity contribution in [1.29, 1.82) is 0 Å². The van der Waals surface area contributed by atoms with Crippen molar-refractivity contribution in [1.82, 2.24) is 9.97 Å². The van der Waals surface area contributed by atoms with Crippen LogP contribution in [0.5, 0.6) is 0 Å². The monoisotopic (exact) mass is 179 g/mol. The Labute approximate surface area is 79.6 Å². The second-order valence-electron chi connectivity index (χ2n) is 3.07. The van der Waals surface area contributed by atoms with Crippen molar-refractivity contribution in [2.45, 2.75) is 32.6 Å². The Morgan fingerprint density at radius 2 is 2.23 bits per heavy atom. The van der Waals surface area contributed by atoms with Gasteiger partial charge in [0.05, 0.1) is 0 Å². The molecule has 0 unspecified atom stereocenters. The highest BCUT2D eigenvalue weighted by Gasteiger charge is 1.96. The summed E-state index contributed by atoms with van der Waals surface area (Å²) in [6.45, 7) is 2.20. The van der Waals surface area contributed by atoms with Crippen molar-refractivity contribution in [2.75, 3.05) is 12.4 Å². The lowest BCUT2D eigenvalue weighted by Gasteiger charge is -2.01. The predicted octanol–water partition coefficient (Wildman–Crippen LogP) is 2.25. The molecule has 0 aromatic carbocycles. The fourth-order valence-electron chi connectivity index (χ4n) is 1.19. The first kappa shape index (κ1) is 9.96. The smallest absolute Gasteiger partial charge is 0.130 e. The third-order valence-corrected chi connectivity index (χ3v) is 1.97. The molecule has 0 aliphatic rings. The van der Waals surface area contributed by atoms with Crippen molar-refractivity contribution in [2.24, 2.45) is 0 Å². The minimum absolute atomic E-state index is 0.904. The van der Waals surface area contributed by atoms with Gasteiger partial charge in [-0.3, -0.25) is 0 Å². The zero-order chi connectivity index (χ0) is 9.52. The maximum absolute atomic E-state index is 4.34. The molecular formula is C10H17N3. The predicted molar refractivity (Wildman–Crippen MR) is 54.8 cm³/mol. The lowest BCUT2D eigenvalue weighted by atomic mass is 10.2. The van der Waals surface area contributed by atoms with Gasteiger partial charge in [-0.1, -0.05) is 19.8 Å². The van der Waals surface area contributed by atoms with Gasteiger partial charge >= 0.3 is 0 Å². The minimum atomic E-state index is 0.904. The summed E-state index contributed by atoms with van der Waals surface area (Å²) in [5.74, 6) is 1.85. The molecule has 1 rings (SSSR count). The largest absolute Gasteiger partial charge is 0.373 e. The van der Waals surface area contributed by atoms with E-state index in [4.69, 9.17) is 0 Å². The van der Waals surface area contributed by atoms with E-state index in [2.05, 4.69) is 22.2 Å². The van der Waals surface area contributed by atoms with E-state index >= 15 is 0 Å². The van der Waals surface area contributed by atoms with Crippen LogP contribution in [-0.4, -0.2) is 17.0 Å². The summed E-state index contributed by atoms with van der Waals surface area (Å²) in [6.07, 6.45) is 6.48. The van der Waals surface area contributed by atoms with Gasteiger partial charge in [0.15, 0.2) is 0 Å². The third kappa shape index (κ3) is 3.40. The fraction of sp³-hybridized carbons (Fsp3) is 0.600. The highest BCUT2D eigenvalue weighted by Crippen LogP contribution is 2.04. The van der Waals surface area contributed by atoms with E-state index in [-0.39, 0.29) is 0 Å². The molecule has 0 fully saturated rings. The van der Waals surface area contributed by atoms with Crippen LogP contribution in [0.4, 0.5) is 5.82 Å². The van der Waals surface area contributed by atoms with Crippen LogP contribution in [0.1, 0.15) is 32.0 Å². The fourth-order valence-corrected chi connectivity index (χ4v) is 1.19. The van der Waals surface area contributed by atoms with E-state index < -0.39 is 0 Å². The van der Waals surface area contributed by atoms with Gasteiger partial charge in [0, 0.05) is 19.7 Å². The summed E-state index contributed by atoms with van der Waals surface area (Å²) in [4.78, 5) is 8.55. The van der Waals surface area contributed by atoms with Crippen LogP contribution >= 0.6 is 0 Å². The molecule has 0 bridgehead atoms. The van der Waals surface area contributed by atoms with E-state index in [1.54, 1.807) is 6.20 Å². The van der Waals surface area contributed by atoms with Gasteiger partial charge in [-0.2, -0.15) is 0 Å². The van der Waals surface area contributed by atoms with Crippen molar-refractivity contribution in [3.05, 3.63) is 18.1 Å². The van der Waals surface area contributed by atoms with Gasteiger partial charge in [0.1, 0.15) is 11.6 Å². The standard InChI is InChI=1S/C10H17N3/c1-3-4-5-6-10-12-8-7-9(11-2)13-10/h7-8H,3-6H2,1-2H3,(H,11,12,13). The Hall–Kier alpha value is -1.12. The molecule has 0 saturated heterocycles. The van der Waals surface area contributed by atoms with Crippen molar-refractivity contribution < 1.29 is 0 Å². The zero-order valence-electron chi connectivity index (χ0n) is 8.38. The lowest BCUT2D eigenvalue weighted by Crippen LogP contribution is -1.99. The Bertz CT molecular complexity index is 248. The van der Waals surface area contributed by atoms with Crippen molar-refractivity contribution >= 4 is 5.82 Å². The molecule has 0 spiro atoms. The topological polar surface area (TPSA) is 37.8 Å². The maximum atomic E-state index is 4.34. The molecule has 0 radical (unpaired) electrons. The normalized spacial score (nSPS) is 10.0. The van der Waals surface area contributed by atoms with Crippen molar-refractivity contribution in [3.63, 3.8) is 0 Å². The summed E-state index contributed by atoms with van der Waals surface area (Å²) < 4.78 is 0. The first-order valence-corrected chi connectivity index (χ1v) is 4.86. The molecule has 1 heterocycles. The molecule has 0 atom stereocenters. The Morgan fingerprint density at radius 3 is 2.92 bits per heavy atom. The van der Waals surface area contributed by atoms with Crippen LogP contribution in [-0.2, 0) is 6.42 Å². The summed E-state index contributed by atoms with van der Waals surface area (Å²) in [7, 11) is 1.87. The molecular weight excluding hydrogens is 162 g/mol. The Kier molecular flexibility index (Phi) is 4.23. The second-order valence-corrected chi connectivity index (χ2v) is 3.07. The van der Waals surface area contributed by atoms with Crippen LogP contribution in [0.3, 0.4) is 0 Å². The SMILES string of the molecule is CCCCCc1nccc(NC)n1. The summed E-state index contributed by atoms with van der Waals surface area (Å²) >= 11 is 0. The van der Waals surface area contributed by atoms with Gasteiger partial charge in [-0.15, -0.1) is 0 Å². The molecule has 1 N–H and O–H groups in total. The Morgan fingerprint density at radius 1 is 1.38 bits per heavy atom. The molecule has 13 heavy (non-hydrogen) atoms. The number of hydrogen-bond donors (Lipinski definition) is 1. The van der Waals surface area contributed by atoms with Gasteiger partial charge in [-0.25, -0.2) is 9.97 Å². The molecule has 3 heteroatoms. The minimum Gasteiger partial charge on any atom is -0.373 e. The van der Waals surface area contributed by atoms with Gasteiger partial charge in [-0.05, 0) is 12.5 Å². The summed E-state index contributed by atoms with van der Waals surface area (Å²) in [5, 5.41) is 3.01. The molecule has 0 aliphatic heterocycles. The van der Waals surface area contributed by atoms with Crippen LogP contribution in [0.15, 0.2) is 12.3 Å². The molecule has 0 saturated carbocycles. The first-order valence-electron chi connectivity index (χ1n) is 4.86. The average Bonchev–Trinajstić information content (AvgIpc) is 2.19. The van der Waals surface area contributed by atoms with Gasteiger partial charge in [0.2, 0.25) is 0 Å². The van der Waals surface area contributed by atoms with Crippen LogP contribution in [0, 0.1) is 0 Å². The van der Waals surface area contributed by atoms with Gasteiger partial charge < -0.3 is 5.32 Å². The number of nitrogens with zero attached hydrogens (tertiary/aromatic N) is 2. The van der Waals surface area contributed by atoms with E-state index in [0.29, 0.717) is 0 Å². The van der Waals surface area contributed by atoms with Crippen LogP contribution in [0.2, 0.25) is 0 Å². The van der Waals surface area contributed by atoms with Crippen LogP contribution in [0.25, 0.3) is 0 Å². The molecule has 0 aliphatic carbocycles. The lowest BCUT2D eigenvalue weighted by molar-refractivity contribution is 0.694. The number of unbranched alkanes of at least 4 members (excludes halogenated alkanes) is 2. The van der Waals surface area contributed by atoms with Crippen LogP contribution < -0.4 is 5.32 Å². The van der Waals surface area contributed by atoms with E-state index in [0.717, 1.165) is 18.1 Å². The van der Waals surface area contributed by atoms with E-state index in [1.165, 1.54) is 19.3 Å². The van der Waals surface area contributed by atoms with Crippen molar-refractivity contribution in [3.8, 4) is 0 Å². The van der Waals surface area contributed by atoms with E-state index in [9.17, 15) is 0 Å². The zero-order valence-corrected chi connectivity index (χ0v) is 8.38. The first-order chi connectivity index (χ1) is 6.36.